The van der Waals surface area contributed by atoms with Crippen molar-refractivity contribution in [3.8, 4) is 0 Å². The standard InChI is InChI=1S/C26H56P.H3N.H2O4S/c1-5-9-12-15-18-21-24-27(8-4,25-22-19-16-13-10-6-2)26-23-20-17-14-11-7-3;;1-5(2,3)4/h5-26H2,1-4H3;1H3;(H2,1,2,3,4)/q+1;;. The van der Waals surface area contributed by atoms with Crippen molar-refractivity contribution < 1.29 is 17.5 Å². The van der Waals surface area contributed by atoms with Crippen molar-refractivity contribution in [2.24, 2.45) is 0 Å². The van der Waals surface area contributed by atoms with Crippen molar-refractivity contribution in [1.29, 1.82) is 0 Å². The van der Waals surface area contributed by atoms with Gasteiger partial charge in [0.05, 0.1) is 24.6 Å². The Labute approximate surface area is 209 Å². The van der Waals surface area contributed by atoms with Crippen LogP contribution in [0.15, 0.2) is 0 Å². The molecular weight excluding hydrogens is 453 g/mol. The van der Waals surface area contributed by atoms with Crippen molar-refractivity contribution in [2.75, 3.05) is 24.6 Å². The molecule has 7 heteroatoms. The van der Waals surface area contributed by atoms with Crippen LogP contribution < -0.4 is 6.15 Å². The first-order valence-corrected chi connectivity index (χ1v) is 17.7. The summed E-state index contributed by atoms with van der Waals surface area (Å²) < 4.78 is 31.6. The Kier molecular flexibility index (Phi) is 30.8. The third kappa shape index (κ3) is 32.3. The fourth-order valence-electron chi connectivity index (χ4n) is 4.49. The SMILES string of the molecule is CCCCCCCC[P+](CC)(CCCCCCCC)CCCCCCCC.N.O=S(=O)(O)O. The summed E-state index contributed by atoms with van der Waals surface area (Å²) in [5, 5.41) is 0. The van der Waals surface area contributed by atoms with Gasteiger partial charge in [-0.3, -0.25) is 9.11 Å². The van der Waals surface area contributed by atoms with E-state index >= 15 is 0 Å². The molecule has 0 saturated heterocycles. The maximum absolute atomic E-state index is 8.74. The third-order valence-electron chi connectivity index (χ3n) is 6.63. The van der Waals surface area contributed by atoms with Gasteiger partial charge in [-0.2, -0.15) is 8.42 Å². The van der Waals surface area contributed by atoms with E-state index in [0.717, 1.165) is 0 Å². The third-order valence-corrected chi connectivity index (χ3v) is 11.8. The van der Waals surface area contributed by atoms with Crippen LogP contribution in [0.4, 0.5) is 0 Å². The number of hydrogen-bond acceptors (Lipinski definition) is 3. The number of rotatable bonds is 22. The van der Waals surface area contributed by atoms with Gasteiger partial charge >= 0.3 is 10.4 Å². The second-order valence-corrected chi connectivity index (χ2v) is 15.1. The summed E-state index contributed by atoms with van der Waals surface area (Å²) in [5.41, 5.74) is 0. The van der Waals surface area contributed by atoms with E-state index in [2.05, 4.69) is 27.7 Å². The van der Waals surface area contributed by atoms with E-state index in [-0.39, 0.29) is 6.15 Å². The van der Waals surface area contributed by atoms with Gasteiger partial charge in [0.25, 0.3) is 0 Å². The molecule has 0 aromatic heterocycles. The van der Waals surface area contributed by atoms with Crippen LogP contribution in [-0.2, 0) is 10.4 Å². The fourth-order valence-corrected chi connectivity index (χ4v) is 8.80. The molecule has 5 nitrogen and oxygen atoms in total. The minimum absolute atomic E-state index is 0. The van der Waals surface area contributed by atoms with Crippen LogP contribution in [0.3, 0.4) is 0 Å². The topological polar surface area (TPSA) is 110 Å². The summed E-state index contributed by atoms with van der Waals surface area (Å²) >= 11 is 0. The maximum Gasteiger partial charge on any atom is 0.394 e. The summed E-state index contributed by atoms with van der Waals surface area (Å²) in [6.07, 6.45) is 32.9. The minimum Gasteiger partial charge on any atom is -0.344 e. The largest absolute Gasteiger partial charge is 0.394 e. The molecule has 204 valence electrons. The molecule has 0 unspecified atom stereocenters. The van der Waals surface area contributed by atoms with Gasteiger partial charge in [0.15, 0.2) is 0 Å². The molecular formula is C26H61NO4PS+. The van der Waals surface area contributed by atoms with Crippen molar-refractivity contribution in [3.63, 3.8) is 0 Å². The zero-order valence-corrected chi connectivity index (χ0v) is 24.5. The lowest BCUT2D eigenvalue weighted by Crippen LogP contribution is -2.11. The van der Waals surface area contributed by atoms with Crippen molar-refractivity contribution in [2.45, 2.75) is 143 Å². The quantitative estimate of drug-likeness (QED) is 0.0756. The minimum atomic E-state index is -4.67. The zero-order valence-electron chi connectivity index (χ0n) is 22.8. The van der Waals surface area contributed by atoms with Crippen LogP contribution in [0.5, 0.6) is 0 Å². The first kappa shape index (κ1) is 37.8. The molecule has 0 aliphatic heterocycles. The molecule has 0 rings (SSSR count). The van der Waals surface area contributed by atoms with E-state index in [1.54, 1.807) is 18.5 Å². The Bertz CT molecular complexity index is 426. The predicted molar refractivity (Wildman–Crippen MR) is 151 cm³/mol. The van der Waals surface area contributed by atoms with Crippen LogP contribution in [0.25, 0.3) is 0 Å². The van der Waals surface area contributed by atoms with E-state index in [4.69, 9.17) is 17.5 Å². The summed E-state index contributed by atoms with van der Waals surface area (Å²) in [6, 6.07) is 0. The van der Waals surface area contributed by atoms with Gasteiger partial charge in [-0.05, 0) is 45.4 Å². The lowest BCUT2D eigenvalue weighted by atomic mass is 10.1. The van der Waals surface area contributed by atoms with E-state index in [1.807, 2.05) is 0 Å². The zero-order chi connectivity index (χ0) is 24.6. The average Bonchev–Trinajstić information content (AvgIpc) is 2.74. The second kappa shape index (κ2) is 26.9. The molecule has 0 heterocycles. The van der Waals surface area contributed by atoms with E-state index in [1.165, 1.54) is 122 Å². The highest BCUT2D eigenvalue weighted by atomic mass is 32.3. The van der Waals surface area contributed by atoms with E-state index in [0.29, 0.717) is 0 Å². The van der Waals surface area contributed by atoms with E-state index in [9.17, 15) is 0 Å². The molecule has 0 aromatic carbocycles. The molecule has 0 aromatic rings. The summed E-state index contributed by atoms with van der Waals surface area (Å²) in [4.78, 5) is 0. The maximum atomic E-state index is 8.74. The van der Waals surface area contributed by atoms with Gasteiger partial charge in [0.1, 0.15) is 0 Å². The Morgan fingerprint density at radius 2 is 0.697 bits per heavy atom. The molecule has 0 saturated carbocycles. The monoisotopic (exact) mass is 514 g/mol. The van der Waals surface area contributed by atoms with Gasteiger partial charge in [-0.15, -0.1) is 0 Å². The summed E-state index contributed by atoms with van der Waals surface area (Å²) in [7, 11) is -5.31. The second-order valence-electron chi connectivity index (χ2n) is 9.58. The van der Waals surface area contributed by atoms with Gasteiger partial charge in [-0.25, -0.2) is 0 Å². The molecule has 33 heavy (non-hydrogen) atoms. The fraction of sp³-hybridized carbons (Fsp3) is 1.00. The summed E-state index contributed by atoms with van der Waals surface area (Å²) in [5.74, 6) is 0. The summed E-state index contributed by atoms with van der Waals surface area (Å²) in [6.45, 7) is 9.52. The van der Waals surface area contributed by atoms with Crippen molar-refractivity contribution in [3.05, 3.63) is 0 Å². The molecule has 0 amide bonds. The predicted octanol–water partition coefficient (Wildman–Crippen LogP) is 9.61. The number of hydrogen-bond donors (Lipinski definition) is 3. The Morgan fingerprint density at radius 1 is 0.485 bits per heavy atom. The van der Waals surface area contributed by atoms with Crippen molar-refractivity contribution >= 4 is 17.7 Å². The van der Waals surface area contributed by atoms with Crippen LogP contribution in [0.2, 0.25) is 0 Å². The van der Waals surface area contributed by atoms with E-state index < -0.39 is 17.7 Å². The van der Waals surface area contributed by atoms with Crippen LogP contribution in [-0.4, -0.2) is 42.2 Å². The van der Waals surface area contributed by atoms with Gasteiger partial charge in [0.2, 0.25) is 0 Å². The lowest BCUT2D eigenvalue weighted by Gasteiger charge is -2.27. The Morgan fingerprint density at radius 3 is 0.909 bits per heavy atom. The van der Waals surface area contributed by atoms with Crippen molar-refractivity contribution in [1.82, 2.24) is 6.15 Å². The molecule has 5 N–H and O–H groups in total. The average molecular weight is 515 g/mol. The molecule has 0 aliphatic rings. The molecule has 0 bridgehead atoms. The molecule has 0 atom stereocenters. The normalized spacial score (nSPS) is 11.6. The molecule has 0 fully saturated rings. The van der Waals surface area contributed by atoms with Crippen LogP contribution in [0, 0.1) is 0 Å². The highest BCUT2D eigenvalue weighted by Crippen LogP contribution is 2.60. The van der Waals surface area contributed by atoms with Gasteiger partial charge in [0, 0.05) is 7.26 Å². The molecule has 0 aliphatic carbocycles. The van der Waals surface area contributed by atoms with Crippen LogP contribution >= 0.6 is 7.26 Å². The van der Waals surface area contributed by atoms with Crippen LogP contribution in [0.1, 0.15) is 143 Å². The Hall–Kier alpha value is 0.260. The highest BCUT2D eigenvalue weighted by molar-refractivity contribution is 7.79. The van der Waals surface area contributed by atoms with Gasteiger partial charge in [-0.1, -0.05) is 97.8 Å². The smallest absolute Gasteiger partial charge is 0.344 e. The highest BCUT2D eigenvalue weighted by Gasteiger charge is 2.33. The molecule has 0 spiro atoms. The first-order chi connectivity index (χ1) is 15.2. The Balaban J connectivity index is -0.00000134. The molecule has 0 radical (unpaired) electrons. The lowest BCUT2D eigenvalue weighted by molar-refractivity contribution is 0.381. The first-order valence-electron chi connectivity index (χ1n) is 13.8. The number of unbranched alkanes of at least 4 members (excludes halogenated alkanes) is 15. The van der Waals surface area contributed by atoms with Gasteiger partial charge < -0.3 is 6.15 Å².